The number of rotatable bonds is 2. The minimum atomic E-state index is -1.15. The summed E-state index contributed by atoms with van der Waals surface area (Å²) < 4.78 is 11.2. The van der Waals surface area contributed by atoms with Crippen LogP contribution >= 0.6 is 0 Å². The molecule has 15 heavy (non-hydrogen) atoms. The predicted molar refractivity (Wildman–Crippen MR) is 57.6 cm³/mol. The molecule has 0 aliphatic carbocycles. The van der Waals surface area contributed by atoms with Gasteiger partial charge in [-0.3, -0.25) is 9.19 Å². The smallest absolute Gasteiger partial charge is 0.218 e. The summed E-state index contributed by atoms with van der Waals surface area (Å²) in [5.41, 5.74) is 1.71. The Morgan fingerprint density at radius 2 is 1.87 bits per heavy atom. The SMILES string of the molecule is C[S@](=O)c1nccc(-c2ccncc2)n1. The second-order valence-electron chi connectivity index (χ2n) is 2.91. The van der Waals surface area contributed by atoms with Crippen molar-refractivity contribution in [2.45, 2.75) is 5.16 Å². The van der Waals surface area contributed by atoms with Gasteiger partial charge in [-0.25, -0.2) is 9.97 Å². The maximum Gasteiger partial charge on any atom is 0.218 e. The molecular weight excluding hydrogens is 210 g/mol. The van der Waals surface area contributed by atoms with E-state index in [2.05, 4.69) is 15.0 Å². The minimum absolute atomic E-state index is 0.351. The van der Waals surface area contributed by atoms with Gasteiger partial charge in [-0.15, -0.1) is 0 Å². The van der Waals surface area contributed by atoms with Crippen LogP contribution in [-0.4, -0.2) is 25.4 Å². The molecule has 2 rings (SSSR count). The Kier molecular flexibility index (Phi) is 2.82. The molecule has 0 bridgehead atoms. The van der Waals surface area contributed by atoms with E-state index >= 15 is 0 Å². The summed E-state index contributed by atoms with van der Waals surface area (Å²) in [6.45, 7) is 0. The molecule has 0 spiro atoms. The van der Waals surface area contributed by atoms with Gasteiger partial charge in [0, 0.05) is 30.4 Å². The maximum absolute atomic E-state index is 11.2. The van der Waals surface area contributed by atoms with Gasteiger partial charge < -0.3 is 0 Å². The molecule has 0 saturated carbocycles. The third-order valence-electron chi connectivity index (χ3n) is 1.87. The molecule has 0 unspecified atom stereocenters. The first-order valence-electron chi connectivity index (χ1n) is 4.34. The van der Waals surface area contributed by atoms with Crippen LogP contribution in [0.25, 0.3) is 11.3 Å². The molecule has 4 nitrogen and oxygen atoms in total. The van der Waals surface area contributed by atoms with Crippen molar-refractivity contribution in [3.8, 4) is 11.3 Å². The summed E-state index contributed by atoms with van der Waals surface area (Å²) in [6.07, 6.45) is 6.56. The third kappa shape index (κ3) is 2.24. The van der Waals surface area contributed by atoms with Crippen LogP contribution in [0.2, 0.25) is 0 Å². The molecule has 5 heteroatoms. The van der Waals surface area contributed by atoms with Gasteiger partial charge in [0.05, 0.1) is 16.5 Å². The Bertz CT molecular complexity index is 487. The summed E-state index contributed by atoms with van der Waals surface area (Å²) in [6, 6.07) is 5.49. The summed E-state index contributed by atoms with van der Waals surface area (Å²) in [5.74, 6) is 0. The zero-order valence-electron chi connectivity index (χ0n) is 8.12. The fourth-order valence-electron chi connectivity index (χ4n) is 1.16. The Morgan fingerprint density at radius 1 is 1.13 bits per heavy atom. The summed E-state index contributed by atoms with van der Waals surface area (Å²) >= 11 is 0. The number of pyridine rings is 1. The van der Waals surface area contributed by atoms with E-state index in [4.69, 9.17) is 0 Å². The van der Waals surface area contributed by atoms with Crippen LogP contribution in [0.4, 0.5) is 0 Å². The third-order valence-corrected chi connectivity index (χ3v) is 2.58. The number of nitrogens with zero attached hydrogens (tertiary/aromatic N) is 3. The first kappa shape index (κ1) is 9.92. The highest BCUT2D eigenvalue weighted by atomic mass is 32.2. The highest BCUT2D eigenvalue weighted by Gasteiger charge is 2.03. The lowest BCUT2D eigenvalue weighted by molar-refractivity contribution is 0.680. The first-order valence-corrected chi connectivity index (χ1v) is 5.90. The van der Waals surface area contributed by atoms with Crippen LogP contribution in [-0.2, 0) is 10.8 Å². The van der Waals surface area contributed by atoms with Crippen LogP contribution in [0.15, 0.2) is 41.9 Å². The normalized spacial score (nSPS) is 12.3. The Morgan fingerprint density at radius 3 is 2.53 bits per heavy atom. The van der Waals surface area contributed by atoms with E-state index in [1.165, 1.54) is 0 Å². The average molecular weight is 219 g/mol. The summed E-state index contributed by atoms with van der Waals surface area (Å²) in [4.78, 5) is 12.1. The molecular formula is C10H9N3OS. The van der Waals surface area contributed by atoms with Gasteiger partial charge in [-0.1, -0.05) is 0 Å². The van der Waals surface area contributed by atoms with Crippen molar-refractivity contribution in [1.29, 1.82) is 0 Å². The molecule has 0 saturated heterocycles. The van der Waals surface area contributed by atoms with Gasteiger partial charge >= 0.3 is 0 Å². The van der Waals surface area contributed by atoms with Crippen LogP contribution in [0.1, 0.15) is 0 Å². The van der Waals surface area contributed by atoms with E-state index in [1.54, 1.807) is 30.9 Å². The highest BCUT2D eigenvalue weighted by molar-refractivity contribution is 7.84. The molecule has 0 aliphatic heterocycles. The Balaban J connectivity index is 2.46. The van der Waals surface area contributed by atoms with Crippen LogP contribution in [0, 0.1) is 0 Å². The molecule has 0 radical (unpaired) electrons. The lowest BCUT2D eigenvalue weighted by Gasteiger charge is -2.00. The van der Waals surface area contributed by atoms with Crippen molar-refractivity contribution in [2.24, 2.45) is 0 Å². The lowest BCUT2D eigenvalue weighted by atomic mass is 10.2. The fraction of sp³-hybridized carbons (Fsp3) is 0.100. The molecule has 0 N–H and O–H groups in total. The monoisotopic (exact) mass is 219 g/mol. The summed E-state index contributed by atoms with van der Waals surface area (Å²) in [5, 5.41) is 0.351. The van der Waals surface area contributed by atoms with Gasteiger partial charge in [0.15, 0.2) is 0 Å². The van der Waals surface area contributed by atoms with Crippen molar-refractivity contribution < 1.29 is 4.21 Å². The van der Waals surface area contributed by atoms with Crippen molar-refractivity contribution >= 4 is 10.8 Å². The molecule has 0 aromatic carbocycles. The van der Waals surface area contributed by atoms with E-state index in [0.717, 1.165) is 11.3 Å². The van der Waals surface area contributed by atoms with Gasteiger partial charge in [0.1, 0.15) is 0 Å². The number of aromatic nitrogens is 3. The molecule has 2 aromatic heterocycles. The number of hydrogen-bond donors (Lipinski definition) is 0. The van der Waals surface area contributed by atoms with Crippen LogP contribution in [0.5, 0.6) is 0 Å². The van der Waals surface area contributed by atoms with E-state index in [9.17, 15) is 4.21 Å². The average Bonchev–Trinajstić information content (AvgIpc) is 2.30. The Labute approximate surface area is 89.9 Å². The molecule has 76 valence electrons. The number of hydrogen-bond acceptors (Lipinski definition) is 4. The van der Waals surface area contributed by atoms with E-state index in [-0.39, 0.29) is 0 Å². The molecule has 0 fully saturated rings. The molecule has 0 amide bonds. The zero-order chi connectivity index (χ0) is 10.7. The van der Waals surface area contributed by atoms with Gasteiger partial charge in [-0.05, 0) is 18.2 Å². The fourth-order valence-corrected chi connectivity index (χ4v) is 1.60. The van der Waals surface area contributed by atoms with Crippen molar-refractivity contribution in [3.05, 3.63) is 36.8 Å². The standard InChI is InChI=1S/C10H9N3OS/c1-15(14)10-12-7-4-9(13-10)8-2-5-11-6-3-8/h2-7H,1H3/t15-/m0/s1. The summed E-state index contributed by atoms with van der Waals surface area (Å²) in [7, 11) is -1.15. The van der Waals surface area contributed by atoms with E-state index < -0.39 is 10.8 Å². The van der Waals surface area contributed by atoms with Crippen LogP contribution in [0.3, 0.4) is 0 Å². The second kappa shape index (κ2) is 4.27. The zero-order valence-corrected chi connectivity index (χ0v) is 8.94. The topological polar surface area (TPSA) is 55.7 Å². The molecule has 2 heterocycles. The quantitative estimate of drug-likeness (QED) is 0.714. The van der Waals surface area contributed by atoms with Gasteiger partial charge in [0.25, 0.3) is 0 Å². The first-order chi connectivity index (χ1) is 7.27. The van der Waals surface area contributed by atoms with Gasteiger partial charge in [0.2, 0.25) is 5.16 Å². The van der Waals surface area contributed by atoms with Crippen LogP contribution < -0.4 is 0 Å². The van der Waals surface area contributed by atoms with Crippen molar-refractivity contribution in [1.82, 2.24) is 15.0 Å². The maximum atomic E-state index is 11.2. The van der Waals surface area contributed by atoms with Crippen molar-refractivity contribution in [3.63, 3.8) is 0 Å². The second-order valence-corrected chi connectivity index (χ2v) is 4.19. The molecule has 0 aliphatic rings. The van der Waals surface area contributed by atoms with E-state index in [1.807, 2.05) is 12.1 Å². The molecule has 1 atom stereocenters. The largest absolute Gasteiger partial charge is 0.265 e. The van der Waals surface area contributed by atoms with Gasteiger partial charge in [-0.2, -0.15) is 0 Å². The highest BCUT2D eigenvalue weighted by Crippen LogP contribution is 2.15. The van der Waals surface area contributed by atoms with E-state index in [0.29, 0.717) is 5.16 Å². The Hall–Kier alpha value is -1.62. The van der Waals surface area contributed by atoms with Crippen molar-refractivity contribution in [2.75, 3.05) is 6.26 Å². The molecule has 2 aromatic rings. The lowest BCUT2D eigenvalue weighted by Crippen LogP contribution is -1.97. The minimum Gasteiger partial charge on any atom is -0.265 e. The predicted octanol–water partition coefficient (Wildman–Crippen LogP) is 1.28.